The molecule has 1 atom stereocenters. The molecule has 0 amide bonds. The van der Waals surface area contributed by atoms with Gasteiger partial charge in [0.05, 0.1) is 10.6 Å². The zero-order chi connectivity index (χ0) is 14.8. The van der Waals surface area contributed by atoms with Crippen LogP contribution in [0.2, 0.25) is 0 Å². The fourth-order valence-corrected chi connectivity index (χ4v) is 5.91. The van der Waals surface area contributed by atoms with Crippen LogP contribution in [0.1, 0.15) is 50.2 Å². The average molecular weight is 357 g/mol. The van der Waals surface area contributed by atoms with E-state index in [4.69, 9.17) is 0 Å². The molecule has 4 bridgehead atoms. The molecule has 4 heteroatoms. The van der Waals surface area contributed by atoms with Gasteiger partial charge in [0.2, 0.25) is 0 Å². The molecule has 4 aliphatic carbocycles. The van der Waals surface area contributed by atoms with E-state index < -0.39 is 17.7 Å². The first kappa shape index (κ1) is 14.1. The maximum atomic E-state index is 14.2. The summed E-state index contributed by atoms with van der Waals surface area (Å²) in [4.78, 5) is 0. The van der Waals surface area contributed by atoms with Crippen molar-refractivity contribution in [3.63, 3.8) is 0 Å². The number of hydrogen-bond donors (Lipinski definition) is 1. The van der Waals surface area contributed by atoms with E-state index in [1.54, 1.807) is 0 Å². The molecule has 4 fully saturated rings. The van der Waals surface area contributed by atoms with Crippen LogP contribution in [0.25, 0.3) is 0 Å². The van der Waals surface area contributed by atoms with Crippen molar-refractivity contribution in [2.24, 2.45) is 23.2 Å². The molecule has 0 radical (unpaired) electrons. The van der Waals surface area contributed by atoms with E-state index in [1.165, 1.54) is 25.3 Å². The Balaban J connectivity index is 1.71. The van der Waals surface area contributed by atoms with E-state index in [-0.39, 0.29) is 15.5 Å². The Bertz CT molecular complexity index is 551. The summed E-state index contributed by atoms with van der Waals surface area (Å²) < 4.78 is 28.1. The maximum Gasteiger partial charge on any atom is 0.137 e. The van der Waals surface area contributed by atoms with E-state index in [1.807, 2.05) is 0 Å². The highest BCUT2D eigenvalue weighted by Gasteiger charge is 2.54. The summed E-state index contributed by atoms with van der Waals surface area (Å²) in [5.41, 5.74) is -0.0896. The van der Waals surface area contributed by atoms with Gasteiger partial charge in [0.25, 0.3) is 0 Å². The lowest BCUT2D eigenvalue weighted by Gasteiger charge is -2.58. The quantitative estimate of drug-likeness (QED) is 0.741. The summed E-state index contributed by atoms with van der Waals surface area (Å²) in [5, 5.41) is 10.9. The van der Waals surface area contributed by atoms with E-state index in [9.17, 15) is 13.9 Å². The maximum absolute atomic E-state index is 14.2. The normalized spacial score (nSPS) is 38.8. The van der Waals surface area contributed by atoms with Crippen molar-refractivity contribution in [1.29, 1.82) is 0 Å². The van der Waals surface area contributed by atoms with Gasteiger partial charge < -0.3 is 5.11 Å². The zero-order valence-electron chi connectivity index (χ0n) is 11.8. The predicted octanol–water partition coefficient (Wildman–Crippen LogP) is 4.98. The molecule has 5 rings (SSSR count). The van der Waals surface area contributed by atoms with Crippen LogP contribution >= 0.6 is 15.9 Å². The van der Waals surface area contributed by atoms with Gasteiger partial charge in [0.1, 0.15) is 11.6 Å². The predicted molar refractivity (Wildman–Crippen MR) is 79.6 cm³/mol. The third-order valence-electron chi connectivity index (χ3n) is 6.00. The van der Waals surface area contributed by atoms with Crippen molar-refractivity contribution in [2.75, 3.05) is 0 Å². The number of rotatable bonds is 2. The minimum absolute atomic E-state index is 0.112. The van der Waals surface area contributed by atoms with Crippen LogP contribution in [0.5, 0.6) is 0 Å². The Morgan fingerprint density at radius 3 is 2.05 bits per heavy atom. The standard InChI is InChI=1S/C17H19BrF2O/c18-13-5-14(19)12(4-15(13)20)16(21)17-6-9-1-10(7-17)3-11(2-9)8-17/h4-5,9-11,16,21H,1-3,6-8H2. The topological polar surface area (TPSA) is 20.2 Å². The molecule has 1 unspecified atom stereocenters. The summed E-state index contributed by atoms with van der Waals surface area (Å²) in [5.74, 6) is 1.01. The fraction of sp³-hybridized carbons (Fsp3) is 0.647. The van der Waals surface area contributed by atoms with Gasteiger partial charge in [-0.15, -0.1) is 0 Å². The molecule has 1 aromatic carbocycles. The van der Waals surface area contributed by atoms with Crippen molar-refractivity contribution >= 4 is 15.9 Å². The average Bonchev–Trinajstić information content (AvgIpc) is 2.40. The lowest BCUT2D eigenvalue weighted by atomic mass is 9.47. The molecule has 21 heavy (non-hydrogen) atoms. The zero-order valence-corrected chi connectivity index (χ0v) is 13.4. The number of halogens is 3. The van der Waals surface area contributed by atoms with Gasteiger partial charge in [-0.3, -0.25) is 0 Å². The summed E-state index contributed by atoms with van der Waals surface area (Å²) in [6.07, 6.45) is 5.83. The van der Waals surface area contributed by atoms with Crippen molar-refractivity contribution < 1.29 is 13.9 Å². The summed E-state index contributed by atoms with van der Waals surface area (Å²) in [6.45, 7) is 0. The van der Waals surface area contributed by atoms with E-state index >= 15 is 0 Å². The SMILES string of the molecule is OC(c1cc(F)c(Br)cc1F)C12CC3CC(CC(C3)C1)C2. The number of hydrogen-bond acceptors (Lipinski definition) is 1. The third kappa shape index (κ3) is 2.17. The summed E-state index contributed by atoms with van der Waals surface area (Å²) >= 11 is 3.00. The van der Waals surface area contributed by atoms with Gasteiger partial charge in [0, 0.05) is 11.0 Å². The van der Waals surface area contributed by atoms with E-state index in [0.29, 0.717) is 17.8 Å². The summed E-state index contributed by atoms with van der Waals surface area (Å²) in [7, 11) is 0. The fourth-order valence-electron chi connectivity index (χ4n) is 5.59. The highest BCUT2D eigenvalue weighted by Crippen LogP contribution is 2.64. The van der Waals surface area contributed by atoms with Crippen LogP contribution in [0.4, 0.5) is 8.78 Å². The third-order valence-corrected chi connectivity index (χ3v) is 6.61. The minimum Gasteiger partial charge on any atom is -0.388 e. The van der Waals surface area contributed by atoms with Gasteiger partial charge in [-0.1, -0.05) is 0 Å². The molecule has 0 aromatic heterocycles. The van der Waals surface area contributed by atoms with Gasteiger partial charge in [-0.05, 0) is 84.3 Å². The molecule has 0 spiro atoms. The van der Waals surface area contributed by atoms with Crippen LogP contribution in [0, 0.1) is 34.8 Å². The van der Waals surface area contributed by atoms with Crippen LogP contribution < -0.4 is 0 Å². The monoisotopic (exact) mass is 356 g/mol. The van der Waals surface area contributed by atoms with Crippen molar-refractivity contribution in [3.05, 3.63) is 33.8 Å². The van der Waals surface area contributed by atoms with E-state index in [2.05, 4.69) is 15.9 Å². The van der Waals surface area contributed by atoms with Gasteiger partial charge in [-0.2, -0.15) is 0 Å². The second-order valence-electron chi connectivity index (χ2n) is 7.47. The highest BCUT2D eigenvalue weighted by molar-refractivity contribution is 9.10. The molecule has 114 valence electrons. The van der Waals surface area contributed by atoms with Crippen LogP contribution in [0.3, 0.4) is 0 Å². The smallest absolute Gasteiger partial charge is 0.137 e. The van der Waals surface area contributed by atoms with Gasteiger partial charge in [-0.25, -0.2) is 8.78 Å². The Morgan fingerprint density at radius 1 is 1.00 bits per heavy atom. The van der Waals surface area contributed by atoms with Crippen molar-refractivity contribution in [2.45, 2.75) is 44.6 Å². The van der Waals surface area contributed by atoms with E-state index in [0.717, 1.165) is 25.3 Å². The van der Waals surface area contributed by atoms with Gasteiger partial charge in [0.15, 0.2) is 0 Å². The Hall–Kier alpha value is -0.480. The van der Waals surface area contributed by atoms with Gasteiger partial charge >= 0.3 is 0 Å². The Kier molecular flexibility index (Phi) is 3.20. The molecule has 1 N–H and O–H groups in total. The van der Waals surface area contributed by atoms with Crippen LogP contribution in [0.15, 0.2) is 16.6 Å². The number of aliphatic hydroxyl groups excluding tert-OH is 1. The van der Waals surface area contributed by atoms with Crippen molar-refractivity contribution in [3.8, 4) is 0 Å². The first-order valence-electron chi connectivity index (χ1n) is 7.79. The molecular weight excluding hydrogens is 338 g/mol. The molecule has 0 saturated heterocycles. The largest absolute Gasteiger partial charge is 0.388 e. The first-order valence-corrected chi connectivity index (χ1v) is 8.59. The highest BCUT2D eigenvalue weighted by atomic mass is 79.9. The lowest BCUT2D eigenvalue weighted by molar-refractivity contribution is -0.123. The second kappa shape index (κ2) is 4.76. The first-order chi connectivity index (χ1) is 9.97. The molecule has 1 nitrogen and oxygen atoms in total. The molecule has 4 aliphatic rings. The molecule has 4 saturated carbocycles. The summed E-state index contributed by atoms with van der Waals surface area (Å²) in [6, 6.07) is 2.30. The molecule has 0 heterocycles. The van der Waals surface area contributed by atoms with Crippen molar-refractivity contribution in [1.82, 2.24) is 0 Å². The molecular formula is C17H19BrF2O. The van der Waals surface area contributed by atoms with Crippen LogP contribution in [-0.4, -0.2) is 5.11 Å². The molecule has 1 aromatic rings. The number of aliphatic hydroxyl groups is 1. The minimum atomic E-state index is -0.881. The molecule has 0 aliphatic heterocycles. The lowest BCUT2D eigenvalue weighted by Crippen LogP contribution is -2.49. The second-order valence-corrected chi connectivity index (χ2v) is 8.32. The number of benzene rings is 1. The Morgan fingerprint density at radius 2 is 1.52 bits per heavy atom. The van der Waals surface area contributed by atoms with Crippen LogP contribution in [-0.2, 0) is 0 Å². The Labute approximate surface area is 131 Å².